The van der Waals surface area contributed by atoms with Gasteiger partial charge >= 0.3 is 0 Å². The summed E-state index contributed by atoms with van der Waals surface area (Å²) in [5, 5.41) is 0. The van der Waals surface area contributed by atoms with Crippen LogP contribution in [0.3, 0.4) is 0 Å². The van der Waals surface area contributed by atoms with Crippen LogP contribution in [-0.2, 0) is 24.2 Å². The molecule has 0 bridgehead atoms. The molecule has 4 nitrogen and oxygen atoms in total. The van der Waals surface area contributed by atoms with Crippen molar-refractivity contribution in [3.8, 4) is 5.75 Å². The Hall–Kier alpha value is -3.14. The van der Waals surface area contributed by atoms with Gasteiger partial charge in [-0.2, -0.15) is 0 Å². The first-order chi connectivity index (χ1) is 14.2. The Morgan fingerprint density at radius 2 is 1.72 bits per heavy atom. The smallest absolute Gasteiger partial charge is 0.223 e. The number of pyridine rings is 1. The zero-order chi connectivity index (χ0) is 20.5. The number of aryl methyl sites for hydroxylation is 1. The van der Waals surface area contributed by atoms with Gasteiger partial charge in [-0.3, -0.25) is 9.78 Å². The predicted octanol–water partition coefficient (Wildman–Crippen LogP) is 4.68. The van der Waals surface area contributed by atoms with Crippen LogP contribution in [0.2, 0.25) is 0 Å². The average Bonchev–Trinajstić information content (AvgIpc) is 2.77. The average molecular weight is 389 g/mol. The number of hydrogen-bond donors (Lipinski definition) is 0. The second-order valence-electron chi connectivity index (χ2n) is 7.19. The van der Waals surface area contributed by atoms with E-state index in [1.165, 1.54) is 0 Å². The summed E-state index contributed by atoms with van der Waals surface area (Å²) in [7, 11) is 1.68. The van der Waals surface area contributed by atoms with Crippen molar-refractivity contribution >= 4 is 5.91 Å². The van der Waals surface area contributed by atoms with Crippen LogP contribution in [-0.4, -0.2) is 28.9 Å². The molecule has 0 aliphatic carbocycles. The number of benzene rings is 2. The second kappa shape index (κ2) is 10.4. The molecule has 0 radical (unpaired) electrons. The van der Waals surface area contributed by atoms with Gasteiger partial charge in [0.05, 0.1) is 7.11 Å². The van der Waals surface area contributed by atoms with E-state index < -0.39 is 0 Å². The normalized spacial score (nSPS) is 11.7. The third kappa shape index (κ3) is 5.92. The number of para-hydroxylation sites is 1. The van der Waals surface area contributed by atoms with E-state index in [-0.39, 0.29) is 11.9 Å². The summed E-state index contributed by atoms with van der Waals surface area (Å²) in [6, 6.07) is 24.0. The zero-order valence-electron chi connectivity index (χ0n) is 17.1. The largest absolute Gasteiger partial charge is 0.496 e. The lowest BCUT2D eigenvalue weighted by Crippen LogP contribution is -2.39. The van der Waals surface area contributed by atoms with E-state index in [2.05, 4.69) is 30.1 Å². The Morgan fingerprint density at radius 3 is 2.45 bits per heavy atom. The molecule has 0 N–H and O–H groups in total. The van der Waals surface area contributed by atoms with E-state index >= 15 is 0 Å². The van der Waals surface area contributed by atoms with E-state index in [0.717, 1.165) is 29.0 Å². The summed E-state index contributed by atoms with van der Waals surface area (Å²) in [6.45, 7) is 2.70. The number of carbonyl (C=O) groups is 1. The van der Waals surface area contributed by atoms with Crippen LogP contribution in [0, 0.1) is 0 Å². The van der Waals surface area contributed by atoms with Crippen molar-refractivity contribution in [1.82, 2.24) is 9.88 Å². The highest BCUT2D eigenvalue weighted by atomic mass is 16.5. The molecule has 4 heteroatoms. The minimum atomic E-state index is 0.0442. The van der Waals surface area contributed by atoms with Gasteiger partial charge in [0.1, 0.15) is 5.75 Å². The fourth-order valence-electron chi connectivity index (χ4n) is 3.49. The van der Waals surface area contributed by atoms with Crippen molar-refractivity contribution in [2.24, 2.45) is 0 Å². The van der Waals surface area contributed by atoms with Crippen molar-refractivity contribution in [2.45, 2.75) is 38.8 Å². The van der Waals surface area contributed by atoms with Crippen LogP contribution in [0.4, 0.5) is 0 Å². The molecule has 0 aliphatic rings. The van der Waals surface area contributed by atoms with Crippen LogP contribution in [0.25, 0.3) is 0 Å². The Balaban J connectivity index is 1.75. The van der Waals surface area contributed by atoms with E-state index in [1.807, 2.05) is 59.5 Å². The van der Waals surface area contributed by atoms with Gasteiger partial charge in [0, 0.05) is 30.9 Å². The molecule has 1 atom stereocenters. The van der Waals surface area contributed by atoms with Gasteiger partial charge in [0.15, 0.2) is 0 Å². The number of amides is 1. The van der Waals surface area contributed by atoms with Crippen molar-refractivity contribution < 1.29 is 9.53 Å². The van der Waals surface area contributed by atoms with Gasteiger partial charge in [-0.25, -0.2) is 0 Å². The molecular formula is C25H28N2O2. The van der Waals surface area contributed by atoms with Crippen molar-refractivity contribution in [2.75, 3.05) is 7.11 Å². The molecule has 0 saturated carbocycles. The van der Waals surface area contributed by atoms with Crippen LogP contribution in [0.1, 0.15) is 30.2 Å². The van der Waals surface area contributed by atoms with Gasteiger partial charge in [-0.1, -0.05) is 54.6 Å². The number of carbonyl (C=O) groups excluding carboxylic acids is 1. The molecule has 0 spiro atoms. The summed E-state index contributed by atoms with van der Waals surface area (Å²) in [5.74, 6) is 1.00. The van der Waals surface area contributed by atoms with Gasteiger partial charge < -0.3 is 9.64 Å². The van der Waals surface area contributed by atoms with E-state index in [1.54, 1.807) is 13.3 Å². The first kappa shape index (κ1) is 20.6. The molecule has 0 aliphatic heterocycles. The monoisotopic (exact) mass is 388 g/mol. The topological polar surface area (TPSA) is 42.4 Å². The predicted molar refractivity (Wildman–Crippen MR) is 116 cm³/mol. The molecule has 3 aromatic rings. The molecule has 2 aromatic carbocycles. The minimum absolute atomic E-state index is 0.0442. The third-order valence-electron chi connectivity index (χ3n) is 5.08. The van der Waals surface area contributed by atoms with Crippen LogP contribution in [0.15, 0.2) is 79.0 Å². The molecule has 0 saturated heterocycles. The molecule has 1 heterocycles. The third-order valence-corrected chi connectivity index (χ3v) is 5.08. The number of aromatic nitrogens is 1. The van der Waals surface area contributed by atoms with Crippen LogP contribution < -0.4 is 4.74 Å². The quantitative estimate of drug-likeness (QED) is 0.534. The van der Waals surface area contributed by atoms with E-state index in [4.69, 9.17) is 4.74 Å². The number of rotatable bonds is 9. The molecular weight excluding hydrogens is 360 g/mol. The molecule has 0 fully saturated rings. The molecule has 1 aromatic heterocycles. The Labute approximate surface area is 173 Å². The number of nitrogens with zero attached hydrogens (tertiary/aromatic N) is 2. The van der Waals surface area contributed by atoms with Gasteiger partial charge in [-0.15, -0.1) is 0 Å². The Kier molecular flexibility index (Phi) is 7.40. The lowest BCUT2D eigenvalue weighted by Gasteiger charge is -2.30. The number of methoxy groups -OCH3 is 1. The second-order valence-corrected chi connectivity index (χ2v) is 7.19. The van der Waals surface area contributed by atoms with E-state index in [9.17, 15) is 4.79 Å². The highest BCUT2D eigenvalue weighted by molar-refractivity contribution is 5.76. The first-order valence-electron chi connectivity index (χ1n) is 10.0. The molecule has 1 amide bonds. The summed E-state index contributed by atoms with van der Waals surface area (Å²) >= 11 is 0. The maximum absolute atomic E-state index is 13.2. The van der Waals surface area contributed by atoms with Gasteiger partial charge in [0.2, 0.25) is 5.91 Å². The molecule has 3 rings (SSSR count). The zero-order valence-corrected chi connectivity index (χ0v) is 17.1. The van der Waals surface area contributed by atoms with Crippen LogP contribution in [0.5, 0.6) is 5.75 Å². The minimum Gasteiger partial charge on any atom is -0.496 e. The molecule has 1 unspecified atom stereocenters. The lowest BCUT2D eigenvalue weighted by molar-refractivity contribution is -0.133. The SMILES string of the molecule is COc1ccccc1CC(C)N(Cc1ccccc1)C(=O)CCc1ccccn1. The van der Waals surface area contributed by atoms with Crippen LogP contribution >= 0.6 is 0 Å². The lowest BCUT2D eigenvalue weighted by atomic mass is 10.0. The molecule has 29 heavy (non-hydrogen) atoms. The highest BCUT2D eigenvalue weighted by Gasteiger charge is 2.22. The first-order valence-corrected chi connectivity index (χ1v) is 10.0. The number of hydrogen-bond acceptors (Lipinski definition) is 3. The maximum Gasteiger partial charge on any atom is 0.223 e. The van der Waals surface area contributed by atoms with Crippen molar-refractivity contribution in [1.29, 1.82) is 0 Å². The van der Waals surface area contributed by atoms with Gasteiger partial charge in [0.25, 0.3) is 0 Å². The highest BCUT2D eigenvalue weighted by Crippen LogP contribution is 2.22. The molecule has 150 valence electrons. The fourth-order valence-corrected chi connectivity index (χ4v) is 3.49. The van der Waals surface area contributed by atoms with E-state index in [0.29, 0.717) is 19.4 Å². The number of ether oxygens (including phenoxy) is 1. The fraction of sp³-hybridized carbons (Fsp3) is 0.280. The standard InChI is InChI=1S/C25H28N2O2/c1-20(18-22-12-6-7-14-24(22)29-2)27(19-21-10-4-3-5-11-21)25(28)16-15-23-13-8-9-17-26-23/h3-14,17,20H,15-16,18-19H2,1-2H3. The summed E-state index contributed by atoms with van der Waals surface area (Å²) in [4.78, 5) is 19.5. The summed E-state index contributed by atoms with van der Waals surface area (Å²) < 4.78 is 5.50. The summed E-state index contributed by atoms with van der Waals surface area (Å²) in [6.07, 6.45) is 3.60. The summed E-state index contributed by atoms with van der Waals surface area (Å²) in [5.41, 5.74) is 3.18. The van der Waals surface area contributed by atoms with Crippen molar-refractivity contribution in [3.05, 3.63) is 95.8 Å². The van der Waals surface area contributed by atoms with Crippen molar-refractivity contribution in [3.63, 3.8) is 0 Å². The Morgan fingerprint density at radius 1 is 1.00 bits per heavy atom. The van der Waals surface area contributed by atoms with Gasteiger partial charge in [-0.05, 0) is 49.1 Å². The Bertz CT molecular complexity index is 897. The maximum atomic E-state index is 13.2.